The second-order valence-corrected chi connectivity index (χ2v) is 6.13. The molecule has 1 heterocycles. The Morgan fingerprint density at radius 1 is 1.04 bits per heavy atom. The number of hydrogen-bond acceptors (Lipinski definition) is 2. The van der Waals surface area contributed by atoms with E-state index >= 15 is 0 Å². The Morgan fingerprint density at radius 3 is 2.26 bits per heavy atom. The molecule has 1 amide bonds. The Hall–Kier alpha value is -3.09. The molecule has 0 radical (unpaired) electrons. The van der Waals surface area contributed by atoms with Crippen molar-refractivity contribution >= 4 is 5.91 Å². The maximum absolute atomic E-state index is 12.5. The summed E-state index contributed by atoms with van der Waals surface area (Å²) in [5.41, 5.74) is 2.41. The molecule has 0 bridgehead atoms. The molecule has 27 heavy (non-hydrogen) atoms. The quantitative estimate of drug-likeness (QED) is 0.730. The zero-order valence-corrected chi connectivity index (χ0v) is 14.6. The summed E-state index contributed by atoms with van der Waals surface area (Å²) in [6, 6.07) is 13.9. The average molecular weight is 373 g/mol. The summed E-state index contributed by atoms with van der Waals surface area (Å²) >= 11 is 0. The van der Waals surface area contributed by atoms with Crippen LogP contribution in [0.25, 0.3) is 5.69 Å². The van der Waals surface area contributed by atoms with Crippen LogP contribution in [0.3, 0.4) is 0 Å². The van der Waals surface area contributed by atoms with Gasteiger partial charge in [-0.1, -0.05) is 12.1 Å². The molecule has 0 atom stereocenters. The highest BCUT2D eigenvalue weighted by Crippen LogP contribution is 2.29. The van der Waals surface area contributed by atoms with Crippen LogP contribution in [-0.4, -0.2) is 22.2 Å². The minimum Gasteiger partial charge on any atom is -0.352 e. The van der Waals surface area contributed by atoms with E-state index in [1.807, 2.05) is 25.1 Å². The number of amides is 1. The monoisotopic (exact) mass is 373 g/mol. The third-order valence-electron chi connectivity index (χ3n) is 4.19. The van der Waals surface area contributed by atoms with Crippen molar-refractivity contribution in [2.45, 2.75) is 19.5 Å². The third-order valence-corrected chi connectivity index (χ3v) is 4.19. The SMILES string of the molecule is Cc1ccnn1-c1ccc(C(=O)NCCc2ccc(C(F)(F)F)cc2)cc1. The molecule has 0 unspecified atom stereocenters. The topological polar surface area (TPSA) is 46.9 Å². The van der Waals surface area contributed by atoms with Gasteiger partial charge in [0.25, 0.3) is 5.91 Å². The second-order valence-electron chi connectivity index (χ2n) is 6.13. The molecular weight excluding hydrogens is 355 g/mol. The molecule has 1 N–H and O–H groups in total. The number of carbonyl (C=O) groups excluding carboxylic acids is 1. The zero-order chi connectivity index (χ0) is 19.4. The van der Waals surface area contributed by atoms with Gasteiger partial charge in [-0.3, -0.25) is 4.79 Å². The van der Waals surface area contributed by atoms with Crippen molar-refractivity contribution in [3.63, 3.8) is 0 Å². The van der Waals surface area contributed by atoms with Gasteiger partial charge in [-0.05, 0) is 61.4 Å². The number of aryl methyl sites for hydroxylation is 1. The van der Waals surface area contributed by atoms with Crippen LogP contribution in [-0.2, 0) is 12.6 Å². The number of alkyl halides is 3. The molecule has 0 aliphatic rings. The van der Waals surface area contributed by atoms with Crippen LogP contribution in [0.2, 0.25) is 0 Å². The predicted molar refractivity (Wildman–Crippen MR) is 95.8 cm³/mol. The number of nitrogens with zero attached hydrogens (tertiary/aromatic N) is 2. The van der Waals surface area contributed by atoms with Crippen molar-refractivity contribution in [3.8, 4) is 5.69 Å². The van der Waals surface area contributed by atoms with Crippen LogP contribution in [0.1, 0.15) is 27.2 Å². The first kappa shape index (κ1) is 18.7. The molecule has 1 aromatic heterocycles. The molecule has 3 aromatic rings. The maximum Gasteiger partial charge on any atom is 0.416 e. The molecule has 0 fully saturated rings. The van der Waals surface area contributed by atoms with Crippen molar-refractivity contribution in [1.82, 2.24) is 15.1 Å². The number of nitrogens with one attached hydrogen (secondary N) is 1. The van der Waals surface area contributed by atoms with E-state index in [1.54, 1.807) is 23.0 Å². The largest absolute Gasteiger partial charge is 0.416 e. The predicted octanol–water partition coefficient (Wildman–Crippen LogP) is 4.17. The van der Waals surface area contributed by atoms with Gasteiger partial charge in [0.2, 0.25) is 0 Å². The number of benzene rings is 2. The fraction of sp³-hybridized carbons (Fsp3) is 0.200. The molecule has 2 aromatic carbocycles. The van der Waals surface area contributed by atoms with Crippen LogP contribution >= 0.6 is 0 Å². The Balaban J connectivity index is 1.54. The summed E-state index contributed by atoms with van der Waals surface area (Å²) in [6.45, 7) is 2.28. The lowest BCUT2D eigenvalue weighted by Crippen LogP contribution is -2.25. The van der Waals surface area contributed by atoms with Gasteiger partial charge in [0.1, 0.15) is 0 Å². The average Bonchev–Trinajstić information content (AvgIpc) is 3.07. The van der Waals surface area contributed by atoms with Crippen molar-refractivity contribution in [3.05, 3.63) is 83.2 Å². The van der Waals surface area contributed by atoms with Crippen molar-refractivity contribution in [1.29, 1.82) is 0 Å². The Labute approximate surface area is 154 Å². The lowest BCUT2D eigenvalue weighted by molar-refractivity contribution is -0.137. The van der Waals surface area contributed by atoms with Gasteiger partial charge < -0.3 is 5.32 Å². The summed E-state index contributed by atoms with van der Waals surface area (Å²) in [5.74, 6) is -0.231. The molecular formula is C20H18F3N3O. The number of rotatable bonds is 5. The Morgan fingerprint density at radius 2 is 1.70 bits per heavy atom. The number of aromatic nitrogens is 2. The summed E-state index contributed by atoms with van der Waals surface area (Å²) < 4.78 is 39.4. The first-order valence-electron chi connectivity index (χ1n) is 8.40. The van der Waals surface area contributed by atoms with Crippen LogP contribution in [0, 0.1) is 6.92 Å². The molecule has 0 aliphatic carbocycles. The number of carbonyl (C=O) groups is 1. The van der Waals surface area contributed by atoms with E-state index in [1.165, 1.54) is 12.1 Å². The molecule has 4 nitrogen and oxygen atoms in total. The number of halogens is 3. The summed E-state index contributed by atoms with van der Waals surface area (Å²) in [6.07, 6.45) is -2.18. The molecule has 0 saturated carbocycles. The molecule has 7 heteroatoms. The van der Waals surface area contributed by atoms with E-state index in [0.29, 0.717) is 18.5 Å². The van der Waals surface area contributed by atoms with E-state index in [9.17, 15) is 18.0 Å². The smallest absolute Gasteiger partial charge is 0.352 e. The normalized spacial score (nSPS) is 11.4. The lowest BCUT2D eigenvalue weighted by Gasteiger charge is -2.09. The van der Waals surface area contributed by atoms with Gasteiger partial charge in [-0.25, -0.2) is 4.68 Å². The second kappa shape index (κ2) is 7.65. The fourth-order valence-electron chi connectivity index (χ4n) is 2.68. The number of hydrogen-bond donors (Lipinski definition) is 1. The summed E-state index contributed by atoms with van der Waals surface area (Å²) in [4.78, 5) is 12.2. The Bertz CT molecular complexity index is 913. The van der Waals surface area contributed by atoms with Crippen molar-refractivity contribution < 1.29 is 18.0 Å². The van der Waals surface area contributed by atoms with E-state index in [-0.39, 0.29) is 5.91 Å². The van der Waals surface area contributed by atoms with E-state index in [2.05, 4.69) is 10.4 Å². The van der Waals surface area contributed by atoms with Crippen LogP contribution < -0.4 is 5.32 Å². The minimum absolute atomic E-state index is 0.231. The lowest BCUT2D eigenvalue weighted by atomic mass is 10.1. The molecule has 0 saturated heterocycles. The minimum atomic E-state index is -4.34. The Kier molecular flexibility index (Phi) is 5.30. The molecule has 140 valence electrons. The van der Waals surface area contributed by atoms with Gasteiger partial charge in [-0.2, -0.15) is 18.3 Å². The van der Waals surface area contributed by atoms with Gasteiger partial charge in [0, 0.05) is 24.0 Å². The van der Waals surface area contributed by atoms with E-state index < -0.39 is 11.7 Å². The van der Waals surface area contributed by atoms with Crippen molar-refractivity contribution in [2.75, 3.05) is 6.54 Å². The van der Waals surface area contributed by atoms with Gasteiger partial charge in [-0.15, -0.1) is 0 Å². The van der Waals surface area contributed by atoms with Gasteiger partial charge in [0.15, 0.2) is 0 Å². The van der Waals surface area contributed by atoms with Crippen LogP contribution in [0.5, 0.6) is 0 Å². The molecule has 0 spiro atoms. The van der Waals surface area contributed by atoms with Crippen LogP contribution in [0.4, 0.5) is 13.2 Å². The van der Waals surface area contributed by atoms with Crippen molar-refractivity contribution in [2.24, 2.45) is 0 Å². The first-order valence-corrected chi connectivity index (χ1v) is 8.40. The maximum atomic E-state index is 12.5. The van der Waals surface area contributed by atoms with Gasteiger partial charge >= 0.3 is 6.18 Å². The highest BCUT2D eigenvalue weighted by molar-refractivity contribution is 5.94. The fourth-order valence-corrected chi connectivity index (χ4v) is 2.68. The van der Waals surface area contributed by atoms with E-state index in [0.717, 1.165) is 29.1 Å². The third kappa shape index (κ3) is 4.55. The standard InChI is InChI=1S/C20H18F3N3O/c1-14-10-13-25-26(14)18-8-4-16(5-9-18)19(27)24-12-11-15-2-6-17(7-3-15)20(21,22)23/h2-10,13H,11-12H2,1H3,(H,24,27). The highest BCUT2D eigenvalue weighted by atomic mass is 19.4. The highest BCUT2D eigenvalue weighted by Gasteiger charge is 2.29. The van der Waals surface area contributed by atoms with Crippen LogP contribution in [0.15, 0.2) is 60.8 Å². The summed E-state index contributed by atoms with van der Waals surface area (Å²) in [5, 5.41) is 6.99. The summed E-state index contributed by atoms with van der Waals surface area (Å²) in [7, 11) is 0. The molecule has 0 aliphatic heterocycles. The zero-order valence-electron chi connectivity index (χ0n) is 14.6. The van der Waals surface area contributed by atoms with Gasteiger partial charge in [0.05, 0.1) is 11.3 Å². The van der Waals surface area contributed by atoms with E-state index in [4.69, 9.17) is 0 Å². The molecule has 3 rings (SSSR count). The first-order chi connectivity index (χ1) is 12.8.